The van der Waals surface area contributed by atoms with Gasteiger partial charge in [0.2, 0.25) is 70.9 Å². The van der Waals surface area contributed by atoms with Crippen LogP contribution in [-0.4, -0.2) is 251 Å². The molecular weight excluding hydrogens is 1180 g/mol. The van der Waals surface area contributed by atoms with Gasteiger partial charge in [-0.25, -0.2) is 4.79 Å². The van der Waals surface area contributed by atoms with Gasteiger partial charge in [-0.05, 0) is 153 Å². The Labute approximate surface area is 526 Å². The summed E-state index contributed by atoms with van der Waals surface area (Å²) < 4.78 is 17.7. The molecule has 10 atom stereocenters. The minimum absolute atomic E-state index is 0.112. The number of aliphatic carboxylic acids is 1. The van der Waals surface area contributed by atoms with Crippen LogP contribution in [-0.2, 0) is 76.5 Å². The zero-order chi connectivity index (χ0) is 67.4. The molecule has 0 aromatic rings. The van der Waals surface area contributed by atoms with E-state index < -0.39 is 180 Å². The minimum Gasteiger partial charge on any atom is -0.480 e. The number of ether oxygens (including phenoxy) is 3. The normalized spacial score (nSPS) is 20.6. The maximum Gasteiger partial charge on any atom is 0.326 e. The molecule has 0 aromatic heterocycles. The molecule has 90 heavy (non-hydrogen) atoms. The van der Waals surface area contributed by atoms with E-state index >= 15 is 0 Å². The predicted molar refractivity (Wildman–Crippen MR) is 325 cm³/mol. The third kappa shape index (κ3) is 23.9. The molecule has 0 bridgehead atoms. The van der Waals surface area contributed by atoms with Crippen LogP contribution in [0.2, 0.25) is 0 Å². The molecule has 4 heterocycles. The Kier molecular flexibility index (Phi) is 28.8. The van der Waals surface area contributed by atoms with Gasteiger partial charge in [0, 0.05) is 26.2 Å². The van der Waals surface area contributed by atoms with Crippen LogP contribution < -0.4 is 54.0 Å². The van der Waals surface area contributed by atoms with Crippen LogP contribution >= 0.6 is 0 Å². The second-order valence-electron chi connectivity index (χ2n) is 26.2. The number of nitrogens with two attached hydrogens (primary N) is 2. The number of nitrogens with one attached hydrogen (secondary N) is 8. The summed E-state index contributed by atoms with van der Waals surface area (Å²) in [5.74, 6) is -9.30. The van der Waals surface area contributed by atoms with E-state index in [4.69, 9.17) is 25.7 Å². The fourth-order valence-corrected chi connectivity index (χ4v) is 10.5. The molecule has 31 nitrogen and oxygen atoms in total. The number of likely N-dealkylation sites (tertiary alicyclic amines) is 4. The lowest BCUT2D eigenvalue weighted by molar-refractivity contribution is -0.151. The second kappa shape index (κ2) is 34.4. The molecule has 4 rings (SSSR count). The predicted octanol–water partition coefficient (Wildman–Crippen LogP) is -3.25. The number of carboxylic acid groups (broad SMARTS) is 1. The fourth-order valence-electron chi connectivity index (χ4n) is 10.5. The molecule has 0 aliphatic carbocycles. The molecule has 31 heteroatoms. The molecule has 4 aliphatic rings. The van der Waals surface area contributed by atoms with Gasteiger partial charge in [0.1, 0.15) is 54.4 Å². The number of carboxylic acids is 1. The highest BCUT2D eigenvalue weighted by Gasteiger charge is 2.47. The first-order chi connectivity index (χ1) is 42.0. The monoisotopic (exact) mass is 1280 g/mol. The van der Waals surface area contributed by atoms with Gasteiger partial charge in [0.25, 0.3) is 0 Å². The standard InChI is InChI=1S/C59H100N14O17/c1-34(61)47(77)63-28-44(74)62-30-46(76)70-24-14-19-40(70)51(81)68-39(33-90-59(9,10)11)50(80)67-37(31-88-57(3,4)5)48(78)64-29-45(75)65-35(2)53(83)72-26-16-21-42(72)55(85)73-27-17-22-43(73)54(84)71-25-15-20-41(71)52(82)69-38(32-89-58(6,7)8)49(79)66-36(56(86)87)18-12-13-23-60/h34-43H,12-33,60-61H2,1-11H3,(H,62,74)(H,63,77)(H,64,78)(H,65,75)(H,66,79)(H,67,80)(H,68,81)(H,69,82)(H,86,87)/t34-,35-,36-,37-,38-,39-,40-,41-,42-,43-/m0/s1. The Morgan fingerprint density at radius 3 is 1.34 bits per heavy atom. The van der Waals surface area contributed by atoms with E-state index in [1.165, 1.54) is 33.4 Å². The van der Waals surface area contributed by atoms with Gasteiger partial charge in [-0.1, -0.05) is 0 Å². The van der Waals surface area contributed by atoms with Crippen LogP contribution in [0.5, 0.6) is 0 Å². The lowest BCUT2D eigenvalue weighted by Crippen LogP contribution is -2.60. The van der Waals surface area contributed by atoms with Crippen LogP contribution in [0.4, 0.5) is 0 Å². The van der Waals surface area contributed by atoms with Crippen molar-refractivity contribution in [2.75, 3.05) is 72.2 Å². The van der Waals surface area contributed by atoms with Crippen LogP contribution in [0.15, 0.2) is 0 Å². The number of amides is 12. The van der Waals surface area contributed by atoms with Gasteiger partial charge in [0.15, 0.2) is 0 Å². The van der Waals surface area contributed by atoms with Gasteiger partial charge in [-0.15, -0.1) is 0 Å². The smallest absolute Gasteiger partial charge is 0.326 e. The topological polar surface area (TPSA) is 431 Å². The first kappa shape index (κ1) is 75.4. The highest BCUT2D eigenvalue weighted by atomic mass is 16.5. The van der Waals surface area contributed by atoms with E-state index in [-0.39, 0.29) is 71.5 Å². The van der Waals surface area contributed by atoms with Gasteiger partial charge in [0.05, 0.1) is 62.3 Å². The number of unbranched alkanes of at least 4 members (excludes halogenated alkanes) is 1. The van der Waals surface area contributed by atoms with Crippen LogP contribution in [0.25, 0.3) is 0 Å². The molecule has 4 aliphatic heterocycles. The molecular formula is C59H100N14O17. The van der Waals surface area contributed by atoms with E-state index in [2.05, 4.69) is 42.5 Å². The Morgan fingerprint density at radius 1 is 0.478 bits per heavy atom. The average molecular weight is 1280 g/mol. The summed E-state index contributed by atoms with van der Waals surface area (Å²) in [5.41, 5.74) is 8.73. The van der Waals surface area contributed by atoms with Gasteiger partial charge < -0.3 is 92.9 Å². The fraction of sp³-hybridized carbons (Fsp3) is 0.780. The Balaban J connectivity index is 1.38. The Bertz CT molecular complexity index is 2570. The molecule has 12 amide bonds. The lowest BCUT2D eigenvalue weighted by atomic mass is 10.1. The average Bonchev–Trinajstić information content (AvgIpc) is 1.79. The van der Waals surface area contributed by atoms with Crippen molar-refractivity contribution in [3.05, 3.63) is 0 Å². The van der Waals surface area contributed by atoms with Crippen LogP contribution in [0, 0.1) is 0 Å². The molecule has 0 aromatic carbocycles. The minimum atomic E-state index is -1.45. The maximum atomic E-state index is 14.5. The van der Waals surface area contributed by atoms with Crippen molar-refractivity contribution in [2.45, 2.75) is 224 Å². The van der Waals surface area contributed by atoms with Crippen LogP contribution in [0.1, 0.15) is 147 Å². The molecule has 13 N–H and O–H groups in total. The Hall–Kier alpha value is -7.09. The zero-order valence-corrected chi connectivity index (χ0v) is 54.3. The molecule has 0 saturated carbocycles. The number of carbonyl (C=O) groups excluding carboxylic acids is 12. The molecule has 0 radical (unpaired) electrons. The van der Waals surface area contributed by atoms with E-state index in [9.17, 15) is 67.4 Å². The zero-order valence-electron chi connectivity index (χ0n) is 54.3. The number of nitrogens with zero attached hydrogens (tertiary/aromatic N) is 4. The van der Waals surface area contributed by atoms with Gasteiger partial charge >= 0.3 is 5.97 Å². The molecule has 0 spiro atoms. The molecule has 508 valence electrons. The summed E-state index contributed by atoms with van der Waals surface area (Å²) in [4.78, 5) is 181. The summed E-state index contributed by atoms with van der Waals surface area (Å²) in [6.45, 7) is 16.9. The van der Waals surface area contributed by atoms with E-state index in [0.717, 1.165) is 0 Å². The number of hydrogen-bond acceptors (Lipinski definition) is 18. The highest BCUT2D eigenvalue weighted by molar-refractivity contribution is 5.99. The van der Waals surface area contributed by atoms with Crippen LogP contribution in [0.3, 0.4) is 0 Å². The summed E-state index contributed by atoms with van der Waals surface area (Å²) in [7, 11) is 0. The van der Waals surface area contributed by atoms with Crippen molar-refractivity contribution in [1.29, 1.82) is 0 Å². The lowest BCUT2D eigenvalue weighted by Gasteiger charge is -2.35. The van der Waals surface area contributed by atoms with E-state index in [0.29, 0.717) is 45.1 Å². The molecule has 0 unspecified atom stereocenters. The summed E-state index contributed by atoms with van der Waals surface area (Å²) in [6, 6.07) is -11.5. The molecule has 4 fully saturated rings. The van der Waals surface area contributed by atoms with Crippen molar-refractivity contribution >= 4 is 76.9 Å². The second-order valence-corrected chi connectivity index (χ2v) is 26.2. The van der Waals surface area contributed by atoms with Gasteiger partial charge in [-0.3, -0.25) is 57.5 Å². The maximum absolute atomic E-state index is 14.5. The van der Waals surface area contributed by atoms with Crippen molar-refractivity contribution in [2.24, 2.45) is 11.5 Å². The van der Waals surface area contributed by atoms with Crippen molar-refractivity contribution in [3.8, 4) is 0 Å². The largest absolute Gasteiger partial charge is 0.480 e. The van der Waals surface area contributed by atoms with Crippen molar-refractivity contribution in [1.82, 2.24) is 62.1 Å². The third-order valence-corrected chi connectivity index (χ3v) is 15.3. The SMILES string of the molecule is C[C@H](N)C(=O)NCC(=O)NCC(=O)N1CCC[C@H]1C(=O)N[C@@H](COC(C)(C)C)C(=O)N[C@@H](COC(C)(C)C)C(=O)NCC(=O)N[C@@H](C)C(=O)N1CCC[C@H]1C(=O)N1CCC[C@H]1C(=O)N1CCC[C@H]1C(=O)N[C@@H](COC(C)(C)C)C(=O)N[C@@H](CCCCN)C(=O)O. The van der Waals surface area contributed by atoms with E-state index in [1.54, 1.807) is 62.3 Å². The number of carbonyl (C=O) groups is 13. The summed E-state index contributed by atoms with van der Waals surface area (Å²) in [5, 5.41) is 30.1. The number of hydrogen-bond donors (Lipinski definition) is 11. The van der Waals surface area contributed by atoms with E-state index in [1.807, 2.05) is 0 Å². The quantitative estimate of drug-likeness (QED) is 0.0304. The van der Waals surface area contributed by atoms with Crippen molar-refractivity contribution in [3.63, 3.8) is 0 Å². The highest BCUT2D eigenvalue weighted by Crippen LogP contribution is 2.29. The summed E-state index contributed by atoms with van der Waals surface area (Å²) >= 11 is 0. The first-order valence-corrected chi connectivity index (χ1v) is 31.2. The first-order valence-electron chi connectivity index (χ1n) is 31.2. The summed E-state index contributed by atoms with van der Waals surface area (Å²) in [6.07, 6.45) is 3.89. The third-order valence-electron chi connectivity index (χ3n) is 15.3. The van der Waals surface area contributed by atoms with Gasteiger partial charge in [-0.2, -0.15) is 0 Å². The molecule has 4 saturated heterocycles. The van der Waals surface area contributed by atoms with Crippen molar-refractivity contribution < 1.29 is 81.6 Å². The Morgan fingerprint density at radius 2 is 0.878 bits per heavy atom. The number of rotatable bonds is 31.